The molecule has 2 rings (SSSR count). The van der Waals surface area contributed by atoms with Gasteiger partial charge in [0.15, 0.2) is 0 Å². The smallest absolute Gasteiger partial charge is 0.233 e. The van der Waals surface area contributed by atoms with Crippen LogP contribution in [-0.4, -0.2) is 23.6 Å². The van der Waals surface area contributed by atoms with E-state index in [2.05, 4.69) is 0 Å². The molecule has 2 aromatic rings. The zero-order valence-corrected chi connectivity index (χ0v) is 12.9. The SMILES string of the molecule is CC(c1ccccc1F)N(C)C(=O)CSc1ccccc1. The molecule has 2 nitrogen and oxygen atoms in total. The second-order valence-corrected chi connectivity index (χ2v) is 5.85. The summed E-state index contributed by atoms with van der Waals surface area (Å²) >= 11 is 1.49. The van der Waals surface area contributed by atoms with E-state index >= 15 is 0 Å². The zero-order chi connectivity index (χ0) is 15.2. The van der Waals surface area contributed by atoms with Gasteiger partial charge in [-0.25, -0.2) is 4.39 Å². The molecule has 110 valence electrons. The maximum absolute atomic E-state index is 13.8. The fourth-order valence-corrected chi connectivity index (χ4v) is 2.85. The Labute approximate surface area is 129 Å². The fourth-order valence-electron chi connectivity index (χ4n) is 2.00. The Morgan fingerprint density at radius 3 is 2.43 bits per heavy atom. The van der Waals surface area contributed by atoms with Crippen molar-refractivity contribution in [3.8, 4) is 0 Å². The maximum Gasteiger partial charge on any atom is 0.233 e. The van der Waals surface area contributed by atoms with Crippen LogP contribution in [0.4, 0.5) is 4.39 Å². The van der Waals surface area contributed by atoms with E-state index < -0.39 is 0 Å². The van der Waals surface area contributed by atoms with Crippen LogP contribution in [0.2, 0.25) is 0 Å². The lowest BCUT2D eigenvalue weighted by molar-refractivity contribution is -0.128. The molecule has 0 aliphatic carbocycles. The lowest BCUT2D eigenvalue weighted by Crippen LogP contribution is -2.31. The van der Waals surface area contributed by atoms with Crippen molar-refractivity contribution < 1.29 is 9.18 Å². The maximum atomic E-state index is 13.8. The largest absolute Gasteiger partial charge is 0.338 e. The Morgan fingerprint density at radius 2 is 1.76 bits per heavy atom. The van der Waals surface area contributed by atoms with Crippen LogP contribution < -0.4 is 0 Å². The van der Waals surface area contributed by atoms with Crippen molar-refractivity contribution >= 4 is 17.7 Å². The summed E-state index contributed by atoms with van der Waals surface area (Å²) in [6, 6.07) is 16.1. The number of carbonyl (C=O) groups is 1. The van der Waals surface area contributed by atoms with Crippen molar-refractivity contribution in [3.63, 3.8) is 0 Å². The van der Waals surface area contributed by atoms with Gasteiger partial charge in [0.25, 0.3) is 0 Å². The highest BCUT2D eigenvalue weighted by atomic mass is 32.2. The first-order valence-electron chi connectivity index (χ1n) is 6.77. The van der Waals surface area contributed by atoms with Crippen LogP contribution in [0.25, 0.3) is 0 Å². The molecular weight excluding hydrogens is 285 g/mol. The number of thioether (sulfide) groups is 1. The summed E-state index contributed by atoms with van der Waals surface area (Å²) in [5.41, 5.74) is 0.540. The zero-order valence-electron chi connectivity index (χ0n) is 12.1. The Morgan fingerprint density at radius 1 is 1.14 bits per heavy atom. The molecule has 0 aliphatic heterocycles. The minimum Gasteiger partial charge on any atom is -0.338 e. The molecule has 0 aromatic heterocycles. The normalized spacial score (nSPS) is 12.0. The molecule has 0 heterocycles. The van der Waals surface area contributed by atoms with E-state index in [1.165, 1.54) is 17.8 Å². The predicted octanol–water partition coefficient (Wildman–Crippen LogP) is 4.14. The van der Waals surface area contributed by atoms with Crippen LogP contribution in [0.5, 0.6) is 0 Å². The van der Waals surface area contributed by atoms with Gasteiger partial charge in [0, 0.05) is 17.5 Å². The molecule has 2 aromatic carbocycles. The number of halogens is 1. The van der Waals surface area contributed by atoms with E-state index in [9.17, 15) is 9.18 Å². The second kappa shape index (κ2) is 7.27. The van der Waals surface area contributed by atoms with Gasteiger partial charge in [-0.3, -0.25) is 4.79 Å². The van der Waals surface area contributed by atoms with Gasteiger partial charge >= 0.3 is 0 Å². The topological polar surface area (TPSA) is 20.3 Å². The summed E-state index contributed by atoms with van der Waals surface area (Å²) in [7, 11) is 1.71. The van der Waals surface area contributed by atoms with Gasteiger partial charge in [-0.15, -0.1) is 11.8 Å². The standard InChI is InChI=1S/C17H18FNOS/c1-13(15-10-6-7-11-16(15)18)19(2)17(20)12-21-14-8-4-3-5-9-14/h3-11,13H,12H2,1-2H3. The summed E-state index contributed by atoms with van der Waals surface area (Å²) in [5.74, 6) is 0.0548. The van der Waals surface area contributed by atoms with E-state index in [1.807, 2.05) is 37.3 Å². The van der Waals surface area contributed by atoms with Crippen LogP contribution >= 0.6 is 11.8 Å². The average Bonchev–Trinajstić information content (AvgIpc) is 2.52. The molecule has 0 radical (unpaired) electrons. The number of benzene rings is 2. The van der Waals surface area contributed by atoms with Crippen LogP contribution in [0.3, 0.4) is 0 Å². The van der Waals surface area contributed by atoms with Gasteiger partial charge in [-0.1, -0.05) is 36.4 Å². The molecule has 0 spiro atoms. The number of rotatable bonds is 5. The Kier molecular flexibility index (Phi) is 5.39. The molecule has 4 heteroatoms. The molecule has 0 saturated heterocycles. The quantitative estimate of drug-likeness (QED) is 0.774. The van der Waals surface area contributed by atoms with Gasteiger partial charge in [0.2, 0.25) is 5.91 Å². The molecule has 21 heavy (non-hydrogen) atoms. The molecule has 0 N–H and O–H groups in total. The minimum atomic E-state index is -0.282. The van der Waals surface area contributed by atoms with Crippen molar-refractivity contribution in [1.82, 2.24) is 4.90 Å². The first-order chi connectivity index (χ1) is 10.1. The van der Waals surface area contributed by atoms with Crippen molar-refractivity contribution in [2.75, 3.05) is 12.8 Å². The van der Waals surface area contributed by atoms with E-state index in [0.717, 1.165) is 4.90 Å². The summed E-state index contributed by atoms with van der Waals surface area (Å²) in [5, 5.41) is 0. The number of carbonyl (C=O) groups excluding carboxylic acids is 1. The number of nitrogens with zero attached hydrogens (tertiary/aromatic N) is 1. The Balaban J connectivity index is 1.97. The van der Waals surface area contributed by atoms with Crippen LogP contribution in [0, 0.1) is 5.82 Å². The highest BCUT2D eigenvalue weighted by Gasteiger charge is 2.19. The number of hydrogen-bond acceptors (Lipinski definition) is 2. The average molecular weight is 303 g/mol. The van der Waals surface area contributed by atoms with Gasteiger partial charge in [0.1, 0.15) is 5.82 Å². The molecule has 1 amide bonds. The molecular formula is C17H18FNOS. The van der Waals surface area contributed by atoms with E-state index in [0.29, 0.717) is 11.3 Å². The fraction of sp³-hybridized carbons (Fsp3) is 0.235. The highest BCUT2D eigenvalue weighted by Crippen LogP contribution is 2.23. The molecule has 1 unspecified atom stereocenters. The third-order valence-corrected chi connectivity index (χ3v) is 4.43. The molecule has 0 fully saturated rings. The van der Waals surface area contributed by atoms with Crippen molar-refractivity contribution in [2.24, 2.45) is 0 Å². The Bertz CT molecular complexity index is 603. The minimum absolute atomic E-state index is 0.0143. The molecule has 0 bridgehead atoms. The van der Waals surface area contributed by atoms with Gasteiger partial charge in [0.05, 0.1) is 11.8 Å². The number of amides is 1. The lowest BCUT2D eigenvalue weighted by atomic mass is 10.1. The summed E-state index contributed by atoms with van der Waals surface area (Å²) < 4.78 is 13.8. The second-order valence-electron chi connectivity index (χ2n) is 4.80. The number of hydrogen-bond donors (Lipinski definition) is 0. The van der Waals surface area contributed by atoms with Gasteiger partial charge in [-0.05, 0) is 25.1 Å². The van der Waals surface area contributed by atoms with Crippen LogP contribution in [0.15, 0.2) is 59.5 Å². The van der Waals surface area contributed by atoms with Crippen molar-refractivity contribution in [2.45, 2.75) is 17.9 Å². The van der Waals surface area contributed by atoms with Crippen molar-refractivity contribution in [1.29, 1.82) is 0 Å². The summed E-state index contributed by atoms with van der Waals surface area (Å²) in [6.07, 6.45) is 0. The van der Waals surface area contributed by atoms with Gasteiger partial charge in [-0.2, -0.15) is 0 Å². The molecule has 0 aliphatic rings. The molecule has 0 saturated carbocycles. The third-order valence-electron chi connectivity index (χ3n) is 3.44. The summed E-state index contributed by atoms with van der Waals surface area (Å²) in [4.78, 5) is 14.9. The van der Waals surface area contributed by atoms with Crippen LogP contribution in [0.1, 0.15) is 18.5 Å². The van der Waals surface area contributed by atoms with Crippen molar-refractivity contribution in [3.05, 3.63) is 66.0 Å². The highest BCUT2D eigenvalue weighted by molar-refractivity contribution is 8.00. The van der Waals surface area contributed by atoms with E-state index in [4.69, 9.17) is 0 Å². The predicted molar refractivity (Wildman–Crippen MR) is 84.8 cm³/mol. The van der Waals surface area contributed by atoms with Crippen LogP contribution in [-0.2, 0) is 4.79 Å². The molecule has 1 atom stereocenters. The Hall–Kier alpha value is -1.81. The third kappa shape index (κ3) is 4.08. The van der Waals surface area contributed by atoms with E-state index in [1.54, 1.807) is 30.1 Å². The summed E-state index contributed by atoms with van der Waals surface area (Å²) in [6.45, 7) is 1.84. The van der Waals surface area contributed by atoms with Gasteiger partial charge < -0.3 is 4.90 Å². The monoisotopic (exact) mass is 303 g/mol. The van der Waals surface area contributed by atoms with E-state index in [-0.39, 0.29) is 17.8 Å². The first-order valence-corrected chi connectivity index (χ1v) is 7.76. The first kappa shape index (κ1) is 15.6. The lowest BCUT2D eigenvalue weighted by Gasteiger charge is -2.25.